The van der Waals surface area contributed by atoms with Crippen LogP contribution in [0.2, 0.25) is 0 Å². The van der Waals surface area contributed by atoms with E-state index < -0.39 is 0 Å². The third-order valence-corrected chi connectivity index (χ3v) is 5.27. The molecule has 3 N–H and O–H groups in total. The fraction of sp³-hybridized carbons (Fsp3) is 0.667. The molecule has 0 unspecified atom stereocenters. The van der Waals surface area contributed by atoms with Crippen molar-refractivity contribution in [3.8, 4) is 0 Å². The molecule has 1 aliphatic heterocycles. The normalized spacial score (nSPS) is 22.5. The predicted molar refractivity (Wildman–Crippen MR) is 85.3 cm³/mol. The smallest absolute Gasteiger partial charge is 0.225 e. The van der Waals surface area contributed by atoms with Crippen molar-refractivity contribution < 1.29 is 9.59 Å². The quantitative estimate of drug-likeness (QED) is 0.852. The van der Waals surface area contributed by atoms with E-state index in [1.807, 2.05) is 10.3 Å². The van der Waals surface area contributed by atoms with Gasteiger partial charge in [0.25, 0.3) is 0 Å². The standard InChI is InChI=1S/C15H22N4O2S/c16-15-18-11(9-22-15)5-6-17-14(21)10-7-13(20)19(8-10)12-3-1-2-4-12/h9-10,12H,1-8H2,(H2,16,18)(H,17,21)/t10-/m1/s1. The zero-order valence-electron chi connectivity index (χ0n) is 12.6. The molecule has 1 aromatic heterocycles. The van der Waals surface area contributed by atoms with Crippen LogP contribution in [0.1, 0.15) is 37.8 Å². The number of thiazole rings is 1. The second kappa shape index (κ2) is 6.64. The number of nitrogens with zero attached hydrogens (tertiary/aromatic N) is 2. The van der Waals surface area contributed by atoms with Gasteiger partial charge in [0.1, 0.15) is 0 Å². The zero-order chi connectivity index (χ0) is 15.5. The van der Waals surface area contributed by atoms with Crippen LogP contribution >= 0.6 is 11.3 Å². The number of carbonyl (C=O) groups is 2. The van der Waals surface area contributed by atoms with Gasteiger partial charge in [0.15, 0.2) is 5.13 Å². The third-order valence-electron chi connectivity index (χ3n) is 4.54. The molecule has 2 heterocycles. The van der Waals surface area contributed by atoms with E-state index >= 15 is 0 Å². The maximum absolute atomic E-state index is 12.2. The van der Waals surface area contributed by atoms with Crippen LogP contribution in [-0.2, 0) is 16.0 Å². The summed E-state index contributed by atoms with van der Waals surface area (Å²) in [6.07, 6.45) is 5.60. The Balaban J connectivity index is 1.45. The van der Waals surface area contributed by atoms with Gasteiger partial charge in [-0.2, -0.15) is 0 Å². The molecule has 2 aliphatic rings. The van der Waals surface area contributed by atoms with E-state index in [0.29, 0.717) is 37.1 Å². The Bertz CT molecular complexity index is 553. The Kier molecular flexibility index (Phi) is 4.61. The summed E-state index contributed by atoms with van der Waals surface area (Å²) in [6, 6.07) is 0.364. The maximum Gasteiger partial charge on any atom is 0.225 e. The molecule has 3 rings (SSSR count). The maximum atomic E-state index is 12.2. The van der Waals surface area contributed by atoms with Crippen molar-refractivity contribution in [2.24, 2.45) is 5.92 Å². The molecule has 1 aromatic rings. The van der Waals surface area contributed by atoms with E-state index in [0.717, 1.165) is 18.5 Å². The second-order valence-corrected chi connectivity index (χ2v) is 6.99. The number of nitrogens with one attached hydrogen (secondary N) is 1. The highest BCUT2D eigenvalue weighted by Gasteiger charge is 2.38. The van der Waals surface area contributed by atoms with E-state index in [9.17, 15) is 9.59 Å². The lowest BCUT2D eigenvalue weighted by molar-refractivity contribution is -0.130. The summed E-state index contributed by atoms with van der Waals surface area (Å²) in [4.78, 5) is 30.4. The molecule has 0 spiro atoms. The van der Waals surface area contributed by atoms with Crippen molar-refractivity contribution in [3.05, 3.63) is 11.1 Å². The number of carbonyl (C=O) groups excluding carboxylic acids is 2. The zero-order valence-corrected chi connectivity index (χ0v) is 13.4. The molecule has 1 saturated carbocycles. The molecule has 2 fully saturated rings. The topological polar surface area (TPSA) is 88.3 Å². The molecule has 1 saturated heterocycles. The minimum absolute atomic E-state index is 0.0166. The molecule has 2 amide bonds. The number of amides is 2. The first-order valence-electron chi connectivity index (χ1n) is 7.90. The molecule has 0 aromatic carbocycles. The van der Waals surface area contributed by atoms with Crippen molar-refractivity contribution >= 4 is 28.3 Å². The van der Waals surface area contributed by atoms with Crippen molar-refractivity contribution in [3.63, 3.8) is 0 Å². The number of rotatable bonds is 5. The van der Waals surface area contributed by atoms with Crippen LogP contribution in [0.5, 0.6) is 0 Å². The summed E-state index contributed by atoms with van der Waals surface area (Å²) >= 11 is 1.41. The predicted octanol–water partition coefficient (Wildman–Crippen LogP) is 1.18. The number of nitrogens with two attached hydrogens (primary N) is 1. The number of anilines is 1. The molecule has 0 bridgehead atoms. The molecule has 120 valence electrons. The van der Waals surface area contributed by atoms with Gasteiger partial charge in [0, 0.05) is 37.4 Å². The Morgan fingerprint density at radius 2 is 2.23 bits per heavy atom. The lowest BCUT2D eigenvalue weighted by Crippen LogP contribution is -2.37. The van der Waals surface area contributed by atoms with Crippen LogP contribution in [0.4, 0.5) is 5.13 Å². The number of likely N-dealkylation sites (tertiary alicyclic amines) is 1. The van der Waals surface area contributed by atoms with E-state index in [1.165, 1.54) is 24.2 Å². The molecular formula is C15H22N4O2S. The Labute approximate surface area is 134 Å². The van der Waals surface area contributed by atoms with Crippen LogP contribution in [0, 0.1) is 5.92 Å². The monoisotopic (exact) mass is 322 g/mol. The summed E-state index contributed by atoms with van der Waals surface area (Å²) in [5.41, 5.74) is 6.48. The van der Waals surface area contributed by atoms with Crippen LogP contribution in [0.25, 0.3) is 0 Å². The van der Waals surface area contributed by atoms with Crippen LogP contribution in [0.15, 0.2) is 5.38 Å². The van der Waals surface area contributed by atoms with Gasteiger partial charge in [-0.1, -0.05) is 12.8 Å². The van der Waals surface area contributed by atoms with Gasteiger partial charge in [-0.05, 0) is 12.8 Å². The van der Waals surface area contributed by atoms with Crippen molar-refractivity contribution in [1.29, 1.82) is 0 Å². The van der Waals surface area contributed by atoms with E-state index in [2.05, 4.69) is 10.3 Å². The molecule has 22 heavy (non-hydrogen) atoms. The van der Waals surface area contributed by atoms with Crippen LogP contribution in [-0.4, -0.2) is 40.8 Å². The molecule has 7 heteroatoms. The number of nitrogen functional groups attached to an aromatic ring is 1. The van der Waals surface area contributed by atoms with Crippen molar-refractivity contribution in [2.45, 2.75) is 44.6 Å². The molecule has 1 atom stereocenters. The van der Waals surface area contributed by atoms with Crippen LogP contribution < -0.4 is 11.1 Å². The fourth-order valence-electron chi connectivity index (χ4n) is 3.37. The summed E-state index contributed by atoms with van der Waals surface area (Å²) in [5.74, 6) is -0.0787. The van der Waals surface area contributed by atoms with Crippen molar-refractivity contribution in [2.75, 3.05) is 18.8 Å². The first kappa shape index (κ1) is 15.3. The fourth-order valence-corrected chi connectivity index (χ4v) is 3.97. The Morgan fingerprint density at radius 1 is 1.45 bits per heavy atom. The van der Waals surface area contributed by atoms with Gasteiger partial charge in [-0.25, -0.2) is 4.98 Å². The van der Waals surface area contributed by atoms with Gasteiger partial charge in [-0.3, -0.25) is 9.59 Å². The minimum atomic E-state index is -0.200. The number of hydrogen-bond donors (Lipinski definition) is 2. The SMILES string of the molecule is Nc1nc(CCNC(=O)[C@@H]2CC(=O)N(C3CCCC3)C2)cs1. The average molecular weight is 322 g/mol. The molecular weight excluding hydrogens is 300 g/mol. The van der Waals surface area contributed by atoms with Crippen molar-refractivity contribution in [1.82, 2.24) is 15.2 Å². The molecule has 6 nitrogen and oxygen atoms in total. The lowest BCUT2D eigenvalue weighted by atomic mass is 10.1. The average Bonchev–Trinajstić information content (AvgIpc) is 3.19. The minimum Gasteiger partial charge on any atom is -0.375 e. The Hall–Kier alpha value is -1.63. The van der Waals surface area contributed by atoms with E-state index in [1.54, 1.807) is 0 Å². The summed E-state index contributed by atoms with van der Waals surface area (Å²) < 4.78 is 0. The van der Waals surface area contributed by atoms with Gasteiger partial charge < -0.3 is 16.0 Å². The first-order valence-corrected chi connectivity index (χ1v) is 8.78. The van der Waals surface area contributed by atoms with Gasteiger partial charge in [0.2, 0.25) is 11.8 Å². The largest absolute Gasteiger partial charge is 0.375 e. The summed E-state index contributed by atoms with van der Waals surface area (Å²) in [7, 11) is 0. The summed E-state index contributed by atoms with van der Waals surface area (Å²) in [5, 5.41) is 5.38. The van der Waals surface area contributed by atoms with Gasteiger partial charge >= 0.3 is 0 Å². The highest BCUT2D eigenvalue weighted by molar-refractivity contribution is 7.13. The van der Waals surface area contributed by atoms with Gasteiger partial charge in [0.05, 0.1) is 11.6 Å². The van der Waals surface area contributed by atoms with E-state index in [4.69, 9.17) is 5.73 Å². The number of aromatic nitrogens is 1. The van der Waals surface area contributed by atoms with Gasteiger partial charge in [-0.15, -0.1) is 11.3 Å². The first-order chi connectivity index (χ1) is 10.6. The van der Waals surface area contributed by atoms with Crippen LogP contribution in [0.3, 0.4) is 0 Å². The number of hydrogen-bond acceptors (Lipinski definition) is 5. The second-order valence-electron chi connectivity index (χ2n) is 6.10. The molecule has 0 radical (unpaired) electrons. The molecule has 1 aliphatic carbocycles. The van der Waals surface area contributed by atoms with E-state index in [-0.39, 0.29) is 17.7 Å². The highest BCUT2D eigenvalue weighted by atomic mass is 32.1. The third kappa shape index (κ3) is 3.40. The Morgan fingerprint density at radius 3 is 2.91 bits per heavy atom. The summed E-state index contributed by atoms with van der Waals surface area (Å²) in [6.45, 7) is 1.12. The lowest BCUT2D eigenvalue weighted by Gasteiger charge is -2.23. The highest BCUT2D eigenvalue weighted by Crippen LogP contribution is 2.29.